The summed E-state index contributed by atoms with van der Waals surface area (Å²) in [5.41, 5.74) is 6.99. The summed E-state index contributed by atoms with van der Waals surface area (Å²) < 4.78 is 24.5. The van der Waals surface area contributed by atoms with Crippen molar-refractivity contribution < 1.29 is 28.8 Å². The molecule has 2 amide bonds. The molecule has 0 spiro atoms. The minimum atomic E-state index is -0.596. The normalized spacial score (nSPS) is 21.0. The molecule has 1 fully saturated rings. The first-order chi connectivity index (χ1) is 22.9. The number of benzene rings is 4. The van der Waals surface area contributed by atoms with Gasteiger partial charge < -0.3 is 34.7 Å². The molecule has 9 nitrogen and oxygen atoms in total. The Bertz CT molecular complexity index is 1630. The third-order valence-corrected chi connectivity index (χ3v) is 9.10. The standard InChI is InChI=1S/C38H43N3O6/c1-25-35(23-41-18-17-30-19-33(44-2)34(45-3)20-31(30)22-41)46-37(47-36(25)28-11-9-27(24-42)10-12-28)29-13-15-32(16-14-29)40-38(43)39-21-26-7-5-4-6-8-26/h4-16,19-20,25,35-37,42H,17-18,21-24H2,1-3H3,(H2,39,40,43). The van der Waals surface area contributed by atoms with Crippen molar-refractivity contribution in [1.29, 1.82) is 0 Å². The van der Waals surface area contributed by atoms with Crippen molar-refractivity contribution in [3.8, 4) is 11.5 Å². The fourth-order valence-corrected chi connectivity index (χ4v) is 6.36. The Morgan fingerprint density at radius 3 is 2.23 bits per heavy atom. The van der Waals surface area contributed by atoms with Crippen molar-refractivity contribution in [2.45, 2.75) is 51.5 Å². The predicted octanol–water partition coefficient (Wildman–Crippen LogP) is 6.37. The number of aliphatic hydroxyl groups excluding tert-OH is 1. The summed E-state index contributed by atoms with van der Waals surface area (Å²) in [6, 6.07) is 29.2. The molecule has 0 aromatic heterocycles. The van der Waals surface area contributed by atoms with Gasteiger partial charge in [0.1, 0.15) is 0 Å². The molecule has 4 unspecified atom stereocenters. The molecule has 2 aliphatic rings. The first-order valence-corrected chi connectivity index (χ1v) is 16.1. The Balaban J connectivity index is 1.17. The van der Waals surface area contributed by atoms with Crippen LogP contribution >= 0.6 is 0 Å². The van der Waals surface area contributed by atoms with Gasteiger partial charge in [0.15, 0.2) is 17.8 Å². The topological polar surface area (TPSA) is 102 Å². The number of fused-ring (bicyclic) bond motifs is 1. The summed E-state index contributed by atoms with van der Waals surface area (Å²) in [5.74, 6) is 1.56. The number of carbonyl (C=O) groups excluding carboxylic acids is 1. The lowest BCUT2D eigenvalue weighted by Crippen LogP contribution is -2.45. The number of nitrogens with zero attached hydrogens (tertiary/aromatic N) is 1. The zero-order chi connectivity index (χ0) is 32.8. The van der Waals surface area contributed by atoms with Gasteiger partial charge in [-0.15, -0.1) is 0 Å². The van der Waals surface area contributed by atoms with Crippen molar-refractivity contribution in [3.63, 3.8) is 0 Å². The van der Waals surface area contributed by atoms with Gasteiger partial charge in [-0.1, -0.05) is 73.7 Å². The molecule has 9 heteroatoms. The van der Waals surface area contributed by atoms with E-state index in [1.165, 1.54) is 11.1 Å². The summed E-state index contributed by atoms with van der Waals surface area (Å²) in [7, 11) is 3.33. The highest BCUT2D eigenvalue weighted by Crippen LogP contribution is 2.42. The second-order valence-electron chi connectivity index (χ2n) is 12.2. The van der Waals surface area contributed by atoms with Crippen molar-refractivity contribution in [3.05, 3.63) is 124 Å². The van der Waals surface area contributed by atoms with Gasteiger partial charge in [-0.25, -0.2) is 4.79 Å². The molecule has 0 aliphatic carbocycles. The number of anilines is 1. The number of hydrogen-bond acceptors (Lipinski definition) is 7. The Labute approximate surface area is 276 Å². The van der Waals surface area contributed by atoms with Gasteiger partial charge in [0.05, 0.1) is 33.0 Å². The first kappa shape index (κ1) is 32.5. The van der Waals surface area contributed by atoms with Crippen LogP contribution in [-0.2, 0) is 35.6 Å². The van der Waals surface area contributed by atoms with Crippen LogP contribution in [0.3, 0.4) is 0 Å². The lowest BCUT2D eigenvalue weighted by atomic mass is 9.89. The smallest absolute Gasteiger partial charge is 0.319 e. The maximum atomic E-state index is 12.5. The van der Waals surface area contributed by atoms with Crippen molar-refractivity contribution in [1.82, 2.24) is 10.2 Å². The number of rotatable bonds is 10. The molecule has 47 heavy (non-hydrogen) atoms. The van der Waals surface area contributed by atoms with E-state index in [2.05, 4.69) is 34.6 Å². The Hall–Kier alpha value is -4.41. The molecule has 6 rings (SSSR count). The quantitative estimate of drug-likeness (QED) is 0.186. The maximum absolute atomic E-state index is 12.5. The first-order valence-electron chi connectivity index (χ1n) is 16.1. The predicted molar refractivity (Wildman–Crippen MR) is 180 cm³/mol. The van der Waals surface area contributed by atoms with E-state index < -0.39 is 6.29 Å². The van der Waals surface area contributed by atoms with Gasteiger partial charge >= 0.3 is 6.03 Å². The minimum Gasteiger partial charge on any atom is -0.493 e. The van der Waals surface area contributed by atoms with E-state index in [1.54, 1.807) is 14.2 Å². The molecular weight excluding hydrogens is 594 g/mol. The zero-order valence-electron chi connectivity index (χ0n) is 27.1. The van der Waals surface area contributed by atoms with Gasteiger partial charge in [0, 0.05) is 43.3 Å². The monoisotopic (exact) mass is 637 g/mol. The molecule has 246 valence electrons. The number of carbonyl (C=O) groups is 1. The molecule has 0 saturated carbocycles. The molecule has 2 aliphatic heterocycles. The average Bonchev–Trinajstić information content (AvgIpc) is 3.11. The Morgan fingerprint density at radius 1 is 0.872 bits per heavy atom. The molecule has 4 aromatic rings. The zero-order valence-corrected chi connectivity index (χ0v) is 27.1. The van der Waals surface area contributed by atoms with Crippen LogP contribution in [0, 0.1) is 5.92 Å². The van der Waals surface area contributed by atoms with Crippen LogP contribution < -0.4 is 20.1 Å². The molecule has 1 saturated heterocycles. The van der Waals surface area contributed by atoms with Crippen LogP contribution in [0.2, 0.25) is 0 Å². The number of aliphatic hydroxyl groups is 1. The molecule has 4 aromatic carbocycles. The van der Waals surface area contributed by atoms with Crippen molar-refractivity contribution >= 4 is 11.7 Å². The lowest BCUT2D eigenvalue weighted by Gasteiger charge is -2.43. The number of urea groups is 1. The number of nitrogens with one attached hydrogen (secondary N) is 2. The van der Waals surface area contributed by atoms with Crippen LogP contribution in [0.4, 0.5) is 10.5 Å². The summed E-state index contributed by atoms with van der Waals surface area (Å²) in [6.07, 6.45) is -0.00833. The maximum Gasteiger partial charge on any atom is 0.319 e. The fourth-order valence-electron chi connectivity index (χ4n) is 6.36. The van der Waals surface area contributed by atoms with E-state index in [9.17, 15) is 9.90 Å². The van der Waals surface area contributed by atoms with E-state index in [0.29, 0.717) is 12.2 Å². The molecule has 0 radical (unpaired) electrons. The molecular formula is C38H43N3O6. The van der Waals surface area contributed by atoms with E-state index >= 15 is 0 Å². The van der Waals surface area contributed by atoms with Crippen LogP contribution in [0.25, 0.3) is 0 Å². The summed E-state index contributed by atoms with van der Waals surface area (Å²) in [5, 5.41) is 15.4. The van der Waals surface area contributed by atoms with E-state index in [-0.39, 0.29) is 30.8 Å². The summed E-state index contributed by atoms with van der Waals surface area (Å²) in [4.78, 5) is 15.0. The molecule has 4 atom stereocenters. The van der Waals surface area contributed by atoms with Crippen LogP contribution in [0.1, 0.15) is 52.7 Å². The van der Waals surface area contributed by atoms with Crippen molar-refractivity contribution in [2.24, 2.45) is 5.92 Å². The highest BCUT2D eigenvalue weighted by Gasteiger charge is 2.39. The van der Waals surface area contributed by atoms with E-state index in [1.807, 2.05) is 78.9 Å². The van der Waals surface area contributed by atoms with Gasteiger partial charge in [-0.3, -0.25) is 4.90 Å². The largest absolute Gasteiger partial charge is 0.493 e. The average molecular weight is 638 g/mol. The third-order valence-electron chi connectivity index (χ3n) is 9.10. The fraction of sp³-hybridized carbons (Fsp3) is 0.342. The Kier molecular flexibility index (Phi) is 10.4. The van der Waals surface area contributed by atoms with Crippen LogP contribution in [-0.4, -0.2) is 49.5 Å². The minimum absolute atomic E-state index is 0.00647. The number of methoxy groups -OCH3 is 2. The Morgan fingerprint density at radius 2 is 1.55 bits per heavy atom. The van der Waals surface area contributed by atoms with Crippen LogP contribution in [0.15, 0.2) is 91.0 Å². The van der Waals surface area contributed by atoms with Crippen molar-refractivity contribution in [2.75, 3.05) is 32.6 Å². The SMILES string of the molecule is COc1cc2c(cc1OC)CN(CC1OC(c3ccc(NC(=O)NCc4ccccc4)cc3)OC(c3ccc(CO)cc3)C1C)CC2. The summed E-state index contributed by atoms with van der Waals surface area (Å²) >= 11 is 0. The molecule has 0 bridgehead atoms. The third kappa shape index (κ3) is 7.77. The molecule has 2 heterocycles. The summed E-state index contributed by atoms with van der Waals surface area (Å²) in [6.45, 7) is 5.05. The number of ether oxygens (including phenoxy) is 4. The second-order valence-corrected chi connectivity index (χ2v) is 12.2. The van der Waals surface area contributed by atoms with E-state index in [4.69, 9.17) is 18.9 Å². The second kappa shape index (κ2) is 15.0. The van der Waals surface area contributed by atoms with E-state index in [0.717, 1.165) is 59.8 Å². The van der Waals surface area contributed by atoms with Gasteiger partial charge in [-0.05, 0) is 58.5 Å². The van der Waals surface area contributed by atoms with Gasteiger partial charge in [0.2, 0.25) is 0 Å². The van der Waals surface area contributed by atoms with Gasteiger partial charge in [0.25, 0.3) is 0 Å². The van der Waals surface area contributed by atoms with Crippen LogP contribution in [0.5, 0.6) is 11.5 Å². The number of amides is 2. The highest BCUT2D eigenvalue weighted by molar-refractivity contribution is 5.89. The highest BCUT2D eigenvalue weighted by atomic mass is 16.7. The number of hydrogen-bond donors (Lipinski definition) is 3. The lowest BCUT2D eigenvalue weighted by molar-refractivity contribution is -0.276. The van der Waals surface area contributed by atoms with Gasteiger partial charge in [-0.2, -0.15) is 0 Å². The molecule has 3 N–H and O–H groups in total.